The summed E-state index contributed by atoms with van der Waals surface area (Å²) in [5.74, 6) is -5.55. The van der Waals surface area contributed by atoms with Gasteiger partial charge in [0.15, 0.2) is 0 Å². The number of anilines is 1. The molecule has 0 bridgehead atoms. The number of nitrogens with one attached hydrogen (secondary N) is 1. The van der Waals surface area contributed by atoms with Crippen molar-refractivity contribution in [3.63, 3.8) is 0 Å². The van der Waals surface area contributed by atoms with Crippen molar-refractivity contribution >= 4 is 23.5 Å². The predicted octanol–water partition coefficient (Wildman–Crippen LogP) is 2.03. The third-order valence-corrected chi connectivity index (χ3v) is 5.26. The molecule has 2 N–H and O–H groups in total. The molecule has 2 amide bonds. The number of carboxylic acid groups (broad SMARTS) is 1. The molecule has 26 heavy (non-hydrogen) atoms. The molecule has 0 unspecified atom stereocenters. The number of carboxylic acids is 1. The van der Waals surface area contributed by atoms with E-state index in [9.17, 15) is 28.3 Å². The van der Waals surface area contributed by atoms with Crippen molar-refractivity contribution in [2.75, 3.05) is 18.0 Å². The summed E-state index contributed by atoms with van der Waals surface area (Å²) < 4.78 is 29.2. The van der Waals surface area contributed by atoms with Crippen LogP contribution >= 0.6 is 0 Å². The van der Waals surface area contributed by atoms with Gasteiger partial charge in [-0.2, -0.15) is 0 Å². The summed E-state index contributed by atoms with van der Waals surface area (Å²) in [4.78, 5) is 36.2. The summed E-state index contributed by atoms with van der Waals surface area (Å²) in [5.41, 5.74) is -0.652. The van der Waals surface area contributed by atoms with Gasteiger partial charge in [0.2, 0.25) is 11.8 Å². The molecule has 2 saturated heterocycles. The number of carbonyl (C=O) groups excluding carboxylic acids is 2. The van der Waals surface area contributed by atoms with Gasteiger partial charge in [-0.25, -0.2) is 8.78 Å². The van der Waals surface area contributed by atoms with Crippen LogP contribution in [0.25, 0.3) is 0 Å². The zero-order valence-corrected chi connectivity index (χ0v) is 14.5. The van der Waals surface area contributed by atoms with Crippen LogP contribution in [0.5, 0.6) is 0 Å². The highest BCUT2D eigenvalue weighted by Crippen LogP contribution is 2.39. The Bertz CT molecular complexity index is 770. The van der Waals surface area contributed by atoms with Crippen LogP contribution < -0.4 is 10.2 Å². The summed E-state index contributed by atoms with van der Waals surface area (Å²) in [6.45, 7) is 4.10. The lowest BCUT2D eigenvalue weighted by Crippen LogP contribution is -2.40. The van der Waals surface area contributed by atoms with E-state index < -0.39 is 46.7 Å². The summed E-state index contributed by atoms with van der Waals surface area (Å²) in [7, 11) is 0. The Hall–Kier alpha value is -2.51. The largest absolute Gasteiger partial charge is 0.481 e. The number of hydrogen-bond acceptors (Lipinski definition) is 4. The number of hydrogen-bond donors (Lipinski definition) is 2. The number of carbonyl (C=O) groups is 3. The second-order valence-corrected chi connectivity index (χ2v) is 7.59. The predicted molar refractivity (Wildman–Crippen MR) is 88.6 cm³/mol. The molecule has 1 aromatic rings. The highest BCUT2D eigenvalue weighted by molar-refractivity contribution is 6.01. The van der Waals surface area contributed by atoms with E-state index in [1.807, 2.05) is 0 Å². The molecule has 8 heteroatoms. The molecule has 0 radical (unpaired) electrons. The minimum atomic E-state index is -1.05. The zero-order valence-electron chi connectivity index (χ0n) is 14.5. The lowest BCUT2D eigenvalue weighted by molar-refractivity contribution is -0.144. The highest BCUT2D eigenvalue weighted by atomic mass is 19.1. The third-order valence-electron chi connectivity index (χ3n) is 5.26. The number of piperidine rings is 1. The average molecular weight is 366 g/mol. The first-order valence-electron chi connectivity index (χ1n) is 8.40. The first-order valence-corrected chi connectivity index (χ1v) is 8.40. The Kier molecular flexibility index (Phi) is 4.46. The van der Waals surface area contributed by atoms with Crippen LogP contribution in [-0.4, -0.2) is 36.0 Å². The van der Waals surface area contributed by atoms with E-state index in [2.05, 4.69) is 5.32 Å². The SMILES string of the molecule is CC1(C)CN(c2cc(F)c([C@H]3CCC(=O)NC3=O)c(F)c2)C[C@H]1C(=O)O. The van der Waals surface area contributed by atoms with Crippen LogP contribution in [0.15, 0.2) is 12.1 Å². The Morgan fingerprint density at radius 1 is 1.27 bits per heavy atom. The molecule has 2 heterocycles. The number of amides is 2. The molecule has 0 aromatic heterocycles. The van der Waals surface area contributed by atoms with Gasteiger partial charge in [0, 0.05) is 30.8 Å². The van der Waals surface area contributed by atoms with Gasteiger partial charge >= 0.3 is 5.97 Å². The second kappa shape index (κ2) is 6.34. The van der Waals surface area contributed by atoms with Crippen LogP contribution in [0.3, 0.4) is 0 Å². The number of halogens is 2. The van der Waals surface area contributed by atoms with Crippen molar-refractivity contribution < 1.29 is 28.3 Å². The first-order chi connectivity index (χ1) is 12.1. The standard InChI is InChI=1S/C18H20F2N2O4/c1-18(2)8-22(7-11(18)17(25)26)9-5-12(19)15(13(20)6-9)10-3-4-14(23)21-16(10)24/h5-6,10-11H,3-4,7-8H2,1-2H3,(H,25,26)(H,21,23,24)/t10-,11+/m1/s1. The van der Waals surface area contributed by atoms with Gasteiger partial charge in [-0.3, -0.25) is 19.7 Å². The van der Waals surface area contributed by atoms with E-state index in [0.29, 0.717) is 6.54 Å². The maximum absolute atomic E-state index is 14.6. The number of benzene rings is 1. The van der Waals surface area contributed by atoms with E-state index >= 15 is 0 Å². The molecule has 3 rings (SSSR count). The van der Waals surface area contributed by atoms with Crippen molar-refractivity contribution in [3.8, 4) is 0 Å². The lowest BCUT2D eigenvalue weighted by atomic mass is 9.82. The summed E-state index contributed by atoms with van der Waals surface area (Å²) in [6.07, 6.45) is 0.0767. The molecule has 0 aliphatic carbocycles. The van der Waals surface area contributed by atoms with Crippen molar-refractivity contribution in [3.05, 3.63) is 29.3 Å². The third kappa shape index (κ3) is 3.15. The molecule has 2 atom stereocenters. The number of rotatable bonds is 3. The number of aliphatic carboxylic acids is 1. The topological polar surface area (TPSA) is 86.7 Å². The summed E-state index contributed by atoms with van der Waals surface area (Å²) in [5, 5.41) is 11.4. The molecular formula is C18H20F2N2O4. The minimum Gasteiger partial charge on any atom is -0.481 e. The molecule has 0 saturated carbocycles. The van der Waals surface area contributed by atoms with Crippen LogP contribution in [0, 0.1) is 23.0 Å². The molecule has 0 spiro atoms. The van der Waals surface area contributed by atoms with E-state index in [-0.39, 0.29) is 30.6 Å². The first kappa shape index (κ1) is 18.3. The molecule has 140 valence electrons. The fraction of sp³-hybridized carbons (Fsp3) is 0.500. The monoisotopic (exact) mass is 366 g/mol. The quantitative estimate of drug-likeness (QED) is 0.800. The maximum Gasteiger partial charge on any atom is 0.308 e. The van der Waals surface area contributed by atoms with Gasteiger partial charge < -0.3 is 10.0 Å². The van der Waals surface area contributed by atoms with E-state index in [1.54, 1.807) is 18.7 Å². The fourth-order valence-corrected chi connectivity index (χ4v) is 3.80. The molecule has 1 aromatic carbocycles. The summed E-state index contributed by atoms with van der Waals surface area (Å²) in [6, 6.07) is 2.25. The molecule has 2 fully saturated rings. The average Bonchev–Trinajstić information content (AvgIpc) is 2.84. The van der Waals surface area contributed by atoms with Gasteiger partial charge in [-0.05, 0) is 24.0 Å². The van der Waals surface area contributed by atoms with Crippen LogP contribution in [0.1, 0.15) is 38.2 Å². The molecular weight excluding hydrogens is 346 g/mol. The Labute approximate surface area is 149 Å². The maximum atomic E-state index is 14.6. The van der Waals surface area contributed by atoms with Crippen molar-refractivity contribution in [2.24, 2.45) is 11.3 Å². The molecule has 2 aliphatic rings. The Morgan fingerprint density at radius 3 is 2.38 bits per heavy atom. The van der Waals surface area contributed by atoms with Crippen molar-refractivity contribution in [1.29, 1.82) is 0 Å². The van der Waals surface area contributed by atoms with Crippen molar-refractivity contribution in [2.45, 2.75) is 32.6 Å². The van der Waals surface area contributed by atoms with Crippen LogP contribution in [-0.2, 0) is 14.4 Å². The Balaban J connectivity index is 1.90. The van der Waals surface area contributed by atoms with E-state index in [1.165, 1.54) is 0 Å². The second-order valence-electron chi connectivity index (χ2n) is 7.59. The van der Waals surface area contributed by atoms with Gasteiger partial charge in [-0.15, -0.1) is 0 Å². The Morgan fingerprint density at radius 2 is 1.88 bits per heavy atom. The van der Waals surface area contributed by atoms with Gasteiger partial charge in [0.05, 0.1) is 11.8 Å². The smallest absolute Gasteiger partial charge is 0.308 e. The van der Waals surface area contributed by atoms with Gasteiger partial charge in [0.25, 0.3) is 0 Å². The van der Waals surface area contributed by atoms with Crippen LogP contribution in [0.4, 0.5) is 14.5 Å². The zero-order chi connectivity index (χ0) is 19.2. The normalized spacial score (nSPS) is 25.3. The molecule has 6 nitrogen and oxygen atoms in total. The van der Waals surface area contributed by atoms with Crippen LogP contribution in [0.2, 0.25) is 0 Å². The molecule has 2 aliphatic heterocycles. The van der Waals surface area contributed by atoms with E-state index in [0.717, 1.165) is 12.1 Å². The van der Waals surface area contributed by atoms with Gasteiger partial charge in [0.1, 0.15) is 11.6 Å². The lowest BCUT2D eigenvalue weighted by Gasteiger charge is -2.25. The number of imide groups is 1. The minimum absolute atomic E-state index is 0.0254. The van der Waals surface area contributed by atoms with Crippen molar-refractivity contribution in [1.82, 2.24) is 5.32 Å². The summed E-state index contributed by atoms with van der Waals surface area (Å²) >= 11 is 0. The number of nitrogens with zero attached hydrogens (tertiary/aromatic N) is 1. The van der Waals surface area contributed by atoms with Gasteiger partial charge in [-0.1, -0.05) is 13.8 Å². The fourth-order valence-electron chi connectivity index (χ4n) is 3.80. The van der Waals surface area contributed by atoms with E-state index in [4.69, 9.17) is 0 Å². The highest BCUT2D eigenvalue weighted by Gasteiger charge is 2.44.